The number of nitrogen functional groups attached to an aromatic ring is 1. The van der Waals surface area contributed by atoms with Crippen molar-refractivity contribution < 1.29 is 9.53 Å². The number of nitriles is 1. The van der Waals surface area contributed by atoms with Crippen molar-refractivity contribution >= 4 is 39.8 Å². The summed E-state index contributed by atoms with van der Waals surface area (Å²) in [5, 5.41) is 10.4. The second-order valence-electron chi connectivity index (χ2n) is 4.48. The fourth-order valence-electron chi connectivity index (χ4n) is 2.19. The molecule has 1 saturated heterocycles. The van der Waals surface area contributed by atoms with Crippen LogP contribution in [0.2, 0.25) is 0 Å². The van der Waals surface area contributed by atoms with Gasteiger partial charge in [-0.2, -0.15) is 17.0 Å². The average molecular weight is 311 g/mol. The van der Waals surface area contributed by atoms with E-state index in [9.17, 15) is 4.79 Å². The molecule has 0 bridgehead atoms. The average Bonchev–Trinajstić information content (AvgIpc) is 2.83. The molecule has 108 valence electrons. The molecule has 0 amide bonds. The van der Waals surface area contributed by atoms with Crippen molar-refractivity contribution in [3.8, 4) is 6.07 Å². The Balaban J connectivity index is 2.40. The van der Waals surface area contributed by atoms with Gasteiger partial charge < -0.3 is 15.4 Å². The number of nitrogens with zero attached hydrogens (tertiary/aromatic N) is 2. The zero-order valence-electron chi connectivity index (χ0n) is 11.5. The van der Waals surface area contributed by atoms with Gasteiger partial charge in [-0.25, -0.2) is 4.79 Å². The van der Waals surface area contributed by atoms with E-state index >= 15 is 0 Å². The third-order valence-electron chi connectivity index (χ3n) is 3.30. The fourth-order valence-corrected chi connectivity index (χ4v) is 4.41. The van der Waals surface area contributed by atoms with Crippen LogP contribution in [0.4, 0.5) is 10.7 Å². The van der Waals surface area contributed by atoms with Crippen molar-refractivity contribution in [1.29, 1.82) is 5.26 Å². The zero-order valence-corrected chi connectivity index (χ0v) is 13.1. The molecule has 1 fully saturated rings. The number of thiophene rings is 1. The van der Waals surface area contributed by atoms with Gasteiger partial charge in [0.1, 0.15) is 21.5 Å². The van der Waals surface area contributed by atoms with Crippen LogP contribution in [0, 0.1) is 11.3 Å². The van der Waals surface area contributed by atoms with Gasteiger partial charge in [-0.05, 0) is 6.42 Å². The number of ether oxygens (including phenoxy) is 1. The molecule has 1 atom stereocenters. The van der Waals surface area contributed by atoms with Crippen LogP contribution in [-0.4, -0.2) is 37.2 Å². The molecule has 5 nitrogen and oxygen atoms in total. The van der Waals surface area contributed by atoms with Crippen LogP contribution in [0.3, 0.4) is 0 Å². The van der Waals surface area contributed by atoms with E-state index in [-0.39, 0.29) is 5.69 Å². The largest absolute Gasteiger partial charge is 0.465 e. The maximum absolute atomic E-state index is 11.9. The number of rotatable bonds is 3. The van der Waals surface area contributed by atoms with Crippen molar-refractivity contribution in [3.63, 3.8) is 0 Å². The Morgan fingerprint density at radius 3 is 3.00 bits per heavy atom. The van der Waals surface area contributed by atoms with E-state index in [1.54, 1.807) is 0 Å². The minimum atomic E-state index is -0.471. The van der Waals surface area contributed by atoms with Crippen LogP contribution in [0.1, 0.15) is 28.6 Å². The number of anilines is 2. The van der Waals surface area contributed by atoms with Crippen LogP contribution in [-0.2, 0) is 4.74 Å². The molecule has 1 aliphatic heterocycles. The van der Waals surface area contributed by atoms with Gasteiger partial charge >= 0.3 is 5.97 Å². The van der Waals surface area contributed by atoms with Gasteiger partial charge in [0.05, 0.1) is 12.8 Å². The maximum atomic E-state index is 11.9. The van der Waals surface area contributed by atoms with E-state index in [0.717, 1.165) is 30.3 Å². The maximum Gasteiger partial charge on any atom is 0.343 e. The summed E-state index contributed by atoms with van der Waals surface area (Å²) in [7, 11) is 1.33. The third-order valence-corrected chi connectivity index (χ3v) is 5.84. The second-order valence-corrected chi connectivity index (χ2v) is 6.88. The van der Waals surface area contributed by atoms with E-state index in [1.165, 1.54) is 18.4 Å². The molecule has 0 radical (unpaired) electrons. The molecule has 1 aromatic rings. The summed E-state index contributed by atoms with van der Waals surface area (Å²) in [5.41, 5.74) is 6.50. The predicted octanol–water partition coefficient (Wildman–Crippen LogP) is 2.32. The molecule has 1 unspecified atom stereocenters. The highest BCUT2D eigenvalue weighted by molar-refractivity contribution is 8.00. The summed E-state index contributed by atoms with van der Waals surface area (Å²) in [6.07, 6.45) is 1.08. The highest BCUT2D eigenvalue weighted by Gasteiger charge is 2.29. The van der Waals surface area contributed by atoms with E-state index in [2.05, 4.69) is 17.9 Å². The van der Waals surface area contributed by atoms with Crippen molar-refractivity contribution in [2.75, 3.05) is 36.6 Å². The molecule has 20 heavy (non-hydrogen) atoms. The topological polar surface area (TPSA) is 79.4 Å². The normalized spacial score (nSPS) is 18.6. The summed E-state index contributed by atoms with van der Waals surface area (Å²) in [6, 6.07) is 2.05. The van der Waals surface area contributed by atoms with Crippen LogP contribution in [0.15, 0.2) is 0 Å². The Hall–Kier alpha value is -1.39. The Bertz CT molecular complexity index is 551. The smallest absolute Gasteiger partial charge is 0.343 e. The lowest BCUT2D eigenvalue weighted by molar-refractivity contribution is 0.0603. The summed E-state index contributed by atoms with van der Waals surface area (Å²) in [5.74, 6) is 0.542. The number of carbonyl (C=O) groups is 1. The first-order chi connectivity index (χ1) is 9.62. The molecular formula is C13H17N3O2S2. The lowest BCUT2D eigenvalue weighted by Crippen LogP contribution is -2.37. The number of methoxy groups -OCH3 is 1. The quantitative estimate of drug-likeness (QED) is 0.863. The van der Waals surface area contributed by atoms with Crippen LogP contribution < -0.4 is 10.6 Å². The summed E-state index contributed by atoms with van der Waals surface area (Å²) in [6.45, 7) is 3.89. The molecule has 2 heterocycles. The number of esters is 1. The third kappa shape index (κ3) is 2.72. The Morgan fingerprint density at radius 2 is 2.40 bits per heavy atom. The number of hydrogen-bond acceptors (Lipinski definition) is 7. The number of hydrogen-bond donors (Lipinski definition) is 1. The van der Waals surface area contributed by atoms with Gasteiger partial charge in [0.25, 0.3) is 0 Å². The first-order valence-electron chi connectivity index (χ1n) is 6.39. The van der Waals surface area contributed by atoms with Crippen LogP contribution >= 0.6 is 23.1 Å². The molecule has 1 aromatic heterocycles. The Kier molecular flexibility index (Phi) is 4.78. The first kappa shape index (κ1) is 15.0. The molecule has 1 aliphatic rings. The van der Waals surface area contributed by atoms with Gasteiger partial charge in [0.2, 0.25) is 0 Å². The minimum absolute atomic E-state index is 0.241. The number of thioether (sulfide) groups is 1. The van der Waals surface area contributed by atoms with E-state index in [0.29, 0.717) is 15.7 Å². The molecular weight excluding hydrogens is 294 g/mol. The highest BCUT2D eigenvalue weighted by atomic mass is 32.2. The van der Waals surface area contributed by atoms with Gasteiger partial charge in [-0.3, -0.25) is 0 Å². The summed E-state index contributed by atoms with van der Waals surface area (Å²) >= 11 is 3.23. The fraction of sp³-hybridized carbons (Fsp3) is 0.538. The SMILES string of the molecule is CCC1CN(c2sc(C#N)c(N)c2C(=O)OC)CCS1. The molecule has 2 N–H and O–H groups in total. The van der Waals surface area contributed by atoms with Gasteiger partial charge in [-0.1, -0.05) is 6.92 Å². The highest BCUT2D eigenvalue weighted by Crippen LogP contribution is 2.40. The first-order valence-corrected chi connectivity index (χ1v) is 8.26. The Labute approximate surface area is 126 Å². The van der Waals surface area contributed by atoms with Gasteiger partial charge in [-0.15, -0.1) is 11.3 Å². The lowest BCUT2D eigenvalue weighted by atomic mass is 10.2. The van der Waals surface area contributed by atoms with E-state index in [4.69, 9.17) is 15.7 Å². The van der Waals surface area contributed by atoms with E-state index < -0.39 is 5.97 Å². The molecule has 0 aliphatic carbocycles. The monoisotopic (exact) mass is 311 g/mol. The summed E-state index contributed by atoms with van der Waals surface area (Å²) < 4.78 is 4.81. The number of nitrogens with two attached hydrogens (primary N) is 1. The summed E-state index contributed by atoms with van der Waals surface area (Å²) in [4.78, 5) is 14.5. The molecule has 7 heteroatoms. The van der Waals surface area contributed by atoms with Crippen molar-refractivity contribution in [2.45, 2.75) is 18.6 Å². The van der Waals surface area contributed by atoms with Crippen LogP contribution in [0.25, 0.3) is 0 Å². The van der Waals surface area contributed by atoms with Gasteiger partial charge in [0, 0.05) is 24.1 Å². The zero-order chi connectivity index (χ0) is 14.7. The van der Waals surface area contributed by atoms with Crippen molar-refractivity contribution in [3.05, 3.63) is 10.4 Å². The Morgan fingerprint density at radius 1 is 1.65 bits per heavy atom. The lowest BCUT2D eigenvalue weighted by Gasteiger charge is -2.33. The minimum Gasteiger partial charge on any atom is -0.465 e. The molecule has 0 spiro atoms. The van der Waals surface area contributed by atoms with Crippen LogP contribution in [0.5, 0.6) is 0 Å². The second kappa shape index (κ2) is 6.37. The van der Waals surface area contributed by atoms with Gasteiger partial charge in [0.15, 0.2) is 0 Å². The van der Waals surface area contributed by atoms with Crippen molar-refractivity contribution in [1.82, 2.24) is 0 Å². The predicted molar refractivity (Wildman–Crippen MR) is 83.5 cm³/mol. The number of carbonyl (C=O) groups excluding carboxylic acids is 1. The van der Waals surface area contributed by atoms with Crippen molar-refractivity contribution in [2.24, 2.45) is 0 Å². The standard InChI is InChI=1S/C13H17N3O2S2/c1-3-8-7-16(4-5-19-8)12-10(13(17)18-2)11(15)9(6-14)20-12/h8H,3-5,7,15H2,1-2H3. The molecule has 0 saturated carbocycles. The van der Waals surface area contributed by atoms with E-state index in [1.807, 2.05) is 11.8 Å². The molecule has 2 rings (SSSR count). The molecule has 0 aromatic carbocycles.